The third kappa shape index (κ3) is 7.04. The van der Waals surface area contributed by atoms with Gasteiger partial charge in [0.1, 0.15) is 5.84 Å². The van der Waals surface area contributed by atoms with E-state index in [1.807, 2.05) is 36.4 Å². The Kier molecular flexibility index (Phi) is 9.56. The SMILES string of the molecule is C1=C(c2ccccc2)N=C(c2ccccc2)NC1c1cccc(-c2c(-c3cccc(-c4cc(-c5ccccc5)nc(-c5ccccc5)n4)c3)c3ccccc3c3ccccc23)c1. The van der Waals surface area contributed by atoms with Crippen molar-refractivity contribution in [2.24, 2.45) is 4.99 Å². The molecule has 292 valence electrons. The predicted octanol–water partition coefficient (Wildman–Crippen LogP) is 14.3. The molecule has 2 heterocycles. The highest BCUT2D eigenvalue weighted by molar-refractivity contribution is 6.21. The van der Waals surface area contributed by atoms with Gasteiger partial charge in [-0.3, -0.25) is 0 Å². The monoisotopic (exact) mass is 792 g/mol. The zero-order valence-corrected chi connectivity index (χ0v) is 33.9. The van der Waals surface area contributed by atoms with Gasteiger partial charge in [-0.05, 0) is 79.2 Å². The minimum atomic E-state index is -0.119. The largest absolute Gasteiger partial charge is 0.359 e. The van der Waals surface area contributed by atoms with Crippen molar-refractivity contribution in [2.45, 2.75) is 6.04 Å². The molecule has 1 unspecified atom stereocenters. The fourth-order valence-corrected chi connectivity index (χ4v) is 8.76. The molecule has 4 nitrogen and oxygen atoms in total. The highest BCUT2D eigenvalue weighted by Crippen LogP contribution is 2.46. The van der Waals surface area contributed by atoms with Crippen molar-refractivity contribution in [3.05, 3.63) is 247 Å². The molecular weight excluding hydrogens is 753 g/mol. The first-order valence-electron chi connectivity index (χ1n) is 21.1. The Labute approximate surface area is 361 Å². The van der Waals surface area contributed by atoms with E-state index in [0.717, 1.165) is 67.4 Å². The van der Waals surface area contributed by atoms with E-state index in [-0.39, 0.29) is 6.04 Å². The molecule has 62 heavy (non-hydrogen) atoms. The molecular formula is C58H40N4. The van der Waals surface area contributed by atoms with Gasteiger partial charge in [0, 0.05) is 22.3 Å². The highest BCUT2D eigenvalue weighted by Gasteiger charge is 2.23. The Morgan fingerprint density at radius 1 is 0.339 bits per heavy atom. The van der Waals surface area contributed by atoms with E-state index in [9.17, 15) is 0 Å². The number of rotatable bonds is 8. The standard InChI is InChI=1S/C58H40N4/c1-5-19-39(20-6-1)51-37-53(61-57(59-51)41-23-9-3-10-24-41)43-27-17-29-45(35-43)55-49-33-15-13-31-47(49)48-32-14-16-34-50(48)56(55)46-30-18-28-44(36-46)54-38-52(40-21-7-2-8-22-40)60-58(62-54)42-25-11-4-12-26-42/h1-38,53H,(H,59,61). The van der Waals surface area contributed by atoms with Crippen molar-refractivity contribution < 1.29 is 0 Å². The van der Waals surface area contributed by atoms with Gasteiger partial charge in [0.05, 0.1) is 23.1 Å². The number of aromatic nitrogens is 2. The van der Waals surface area contributed by atoms with Crippen molar-refractivity contribution in [3.8, 4) is 56.2 Å². The van der Waals surface area contributed by atoms with Crippen molar-refractivity contribution in [3.63, 3.8) is 0 Å². The molecule has 0 saturated carbocycles. The van der Waals surface area contributed by atoms with Crippen LogP contribution in [0.15, 0.2) is 236 Å². The first kappa shape index (κ1) is 36.8. The molecule has 0 radical (unpaired) electrons. The highest BCUT2D eigenvalue weighted by atomic mass is 15.0. The van der Waals surface area contributed by atoms with E-state index in [0.29, 0.717) is 5.82 Å². The first-order chi connectivity index (χ1) is 30.7. The maximum atomic E-state index is 5.21. The molecule has 0 aliphatic carbocycles. The quantitative estimate of drug-likeness (QED) is 0.156. The molecule has 9 aromatic carbocycles. The lowest BCUT2D eigenvalue weighted by atomic mass is 9.84. The maximum Gasteiger partial charge on any atom is 0.160 e. The van der Waals surface area contributed by atoms with Crippen LogP contribution in [0.5, 0.6) is 0 Å². The number of hydrogen-bond acceptors (Lipinski definition) is 4. The molecule has 1 aromatic heterocycles. The lowest BCUT2D eigenvalue weighted by Crippen LogP contribution is -2.31. The summed E-state index contributed by atoms with van der Waals surface area (Å²) in [4.78, 5) is 15.4. The van der Waals surface area contributed by atoms with Crippen molar-refractivity contribution in [2.75, 3.05) is 0 Å². The summed E-state index contributed by atoms with van der Waals surface area (Å²) < 4.78 is 0. The Balaban J connectivity index is 1.09. The van der Waals surface area contributed by atoms with Crippen LogP contribution >= 0.6 is 0 Å². The number of aliphatic imine (C=N–C) groups is 1. The summed E-state index contributed by atoms with van der Waals surface area (Å²) in [7, 11) is 0. The summed E-state index contributed by atoms with van der Waals surface area (Å²) in [5.41, 5.74) is 13.7. The summed E-state index contributed by atoms with van der Waals surface area (Å²) >= 11 is 0. The van der Waals surface area contributed by atoms with Gasteiger partial charge in [-0.2, -0.15) is 0 Å². The van der Waals surface area contributed by atoms with E-state index in [1.54, 1.807) is 0 Å². The Morgan fingerprint density at radius 2 is 0.790 bits per heavy atom. The first-order valence-corrected chi connectivity index (χ1v) is 21.1. The van der Waals surface area contributed by atoms with Crippen LogP contribution in [0.1, 0.15) is 22.7 Å². The Hall–Kier alpha value is -8.21. The number of nitrogens with zero attached hydrogens (tertiary/aromatic N) is 3. The molecule has 0 fully saturated rings. The van der Waals surface area contributed by atoms with Gasteiger partial charge in [-0.1, -0.05) is 206 Å². The third-order valence-corrected chi connectivity index (χ3v) is 11.7. The minimum Gasteiger partial charge on any atom is -0.359 e. The van der Waals surface area contributed by atoms with Crippen LogP contribution in [0.4, 0.5) is 0 Å². The number of benzene rings is 9. The van der Waals surface area contributed by atoms with Gasteiger partial charge in [-0.15, -0.1) is 0 Å². The maximum absolute atomic E-state index is 5.21. The second-order valence-corrected chi connectivity index (χ2v) is 15.6. The average molecular weight is 793 g/mol. The van der Waals surface area contributed by atoms with Gasteiger partial charge < -0.3 is 5.32 Å². The van der Waals surface area contributed by atoms with E-state index in [4.69, 9.17) is 15.0 Å². The van der Waals surface area contributed by atoms with Gasteiger partial charge >= 0.3 is 0 Å². The summed E-state index contributed by atoms with van der Waals surface area (Å²) in [6.07, 6.45) is 2.25. The van der Waals surface area contributed by atoms with Crippen LogP contribution in [0.25, 0.3) is 83.4 Å². The van der Waals surface area contributed by atoms with E-state index < -0.39 is 0 Å². The molecule has 1 atom stereocenters. The molecule has 4 heteroatoms. The number of nitrogens with one attached hydrogen (secondary N) is 1. The number of amidine groups is 1. The summed E-state index contributed by atoms with van der Waals surface area (Å²) in [5.74, 6) is 1.55. The average Bonchev–Trinajstić information content (AvgIpc) is 3.37. The van der Waals surface area contributed by atoms with Crippen LogP contribution in [-0.2, 0) is 0 Å². The van der Waals surface area contributed by atoms with Gasteiger partial charge in [0.2, 0.25) is 0 Å². The fourth-order valence-electron chi connectivity index (χ4n) is 8.76. The molecule has 0 amide bonds. The molecule has 1 N–H and O–H groups in total. The van der Waals surface area contributed by atoms with Gasteiger partial charge in [0.25, 0.3) is 0 Å². The number of hydrogen-bond donors (Lipinski definition) is 1. The topological polar surface area (TPSA) is 50.2 Å². The number of fused-ring (bicyclic) bond motifs is 3. The Bertz CT molecular complexity index is 3250. The second-order valence-electron chi connectivity index (χ2n) is 15.6. The van der Waals surface area contributed by atoms with Crippen LogP contribution in [0.3, 0.4) is 0 Å². The summed E-state index contributed by atoms with van der Waals surface area (Å²) in [5, 5.41) is 8.64. The van der Waals surface area contributed by atoms with Gasteiger partial charge in [-0.25, -0.2) is 15.0 Å². The van der Waals surface area contributed by atoms with Crippen molar-refractivity contribution in [1.82, 2.24) is 15.3 Å². The molecule has 10 aromatic rings. The lowest BCUT2D eigenvalue weighted by Gasteiger charge is -2.25. The summed E-state index contributed by atoms with van der Waals surface area (Å²) in [6, 6.07) is 79.0. The molecule has 1 aliphatic heterocycles. The molecule has 0 spiro atoms. The minimum absolute atomic E-state index is 0.119. The molecule has 0 bridgehead atoms. The normalized spacial score (nSPS) is 13.6. The second kappa shape index (κ2) is 16.1. The molecule has 11 rings (SSSR count). The summed E-state index contributed by atoms with van der Waals surface area (Å²) in [6.45, 7) is 0. The molecule has 0 saturated heterocycles. The zero-order chi connectivity index (χ0) is 41.2. The van der Waals surface area contributed by atoms with Crippen LogP contribution < -0.4 is 5.32 Å². The van der Waals surface area contributed by atoms with Crippen LogP contribution in [0.2, 0.25) is 0 Å². The fraction of sp³-hybridized carbons (Fsp3) is 0.0172. The van der Waals surface area contributed by atoms with Crippen molar-refractivity contribution >= 4 is 33.1 Å². The lowest BCUT2D eigenvalue weighted by molar-refractivity contribution is 0.781. The zero-order valence-electron chi connectivity index (χ0n) is 33.9. The van der Waals surface area contributed by atoms with Crippen LogP contribution in [0, 0.1) is 0 Å². The molecule has 1 aliphatic rings. The van der Waals surface area contributed by atoms with E-state index in [2.05, 4.69) is 199 Å². The van der Waals surface area contributed by atoms with Gasteiger partial charge in [0.15, 0.2) is 5.82 Å². The predicted molar refractivity (Wildman–Crippen MR) is 257 cm³/mol. The smallest absolute Gasteiger partial charge is 0.160 e. The van der Waals surface area contributed by atoms with E-state index in [1.165, 1.54) is 32.7 Å². The third-order valence-electron chi connectivity index (χ3n) is 11.7. The Morgan fingerprint density at radius 3 is 1.40 bits per heavy atom. The van der Waals surface area contributed by atoms with E-state index >= 15 is 0 Å². The van der Waals surface area contributed by atoms with Crippen molar-refractivity contribution in [1.29, 1.82) is 0 Å². The van der Waals surface area contributed by atoms with Crippen LogP contribution in [-0.4, -0.2) is 15.8 Å².